The summed E-state index contributed by atoms with van der Waals surface area (Å²) in [4.78, 5) is 0. The molecule has 2 radical (unpaired) electrons. The average Bonchev–Trinajstić information content (AvgIpc) is 1.85. The van der Waals surface area contributed by atoms with Crippen LogP contribution in [-0.2, 0) is 0 Å². The minimum atomic E-state index is -0.349. The Balaban J connectivity index is 2.66. The third-order valence-corrected chi connectivity index (χ3v) is 5.21. The van der Waals surface area contributed by atoms with Crippen molar-refractivity contribution in [1.29, 1.82) is 0 Å². The van der Waals surface area contributed by atoms with E-state index < -0.39 is 0 Å². The zero-order valence-electron chi connectivity index (χ0n) is 7.39. The van der Waals surface area contributed by atoms with Crippen molar-refractivity contribution >= 4 is 24.7 Å². The summed E-state index contributed by atoms with van der Waals surface area (Å²) in [7, 11) is 0. The molecule has 0 amide bonds. The summed E-state index contributed by atoms with van der Waals surface area (Å²) >= 11 is -0.349. The molecule has 0 aliphatic heterocycles. The summed E-state index contributed by atoms with van der Waals surface area (Å²) in [5.74, 6) is 0. The second kappa shape index (κ2) is 3.61. The summed E-state index contributed by atoms with van der Waals surface area (Å²) in [5.41, 5.74) is 0. The second-order valence-electron chi connectivity index (χ2n) is 3.74. The molecule has 1 aromatic rings. The Morgan fingerprint density at radius 3 is 2.00 bits per heavy atom. The number of hydrogen-bond donors (Lipinski definition) is 0. The third-order valence-electron chi connectivity index (χ3n) is 1.29. The van der Waals surface area contributed by atoms with Crippen LogP contribution in [-0.4, -0.2) is 21.1 Å². The van der Waals surface area contributed by atoms with Gasteiger partial charge in [-0.05, 0) is 0 Å². The molecule has 1 heteroatoms. The van der Waals surface area contributed by atoms with Crippen LogP contribution in [0, 0.1) is 0 Å². The monoisotopic (exact) mass is 254 g/mol. The number of hydrogen-bond acceptors (Lipinski definition) is 0. The van der Waals surface area contributed by atoms with Crippen molar-refractivity contribution < 1.29 is 0 Å². The predicted octanol–water partition coefficient (Wildman–Crippen LogP) is 2.23. The summed E-state index contributed by atoms with van der Waals surface area (Å²) in [6, 6.07) is 10.9. The van der Waals surface area contributed by atoms with Crippen molar-refractivity contribution in [2.75, 3.05) is 0 Å². The van der Waals surface area contributed by atoms with Crippen molar-refractivity contribution in [2.24, 2.45) is 0 Å². The van der Waals surface area contributed by atoms with Gasteiger partial charge in [-0.15, -0.1) is 0 Å². The van der Waals surface area contributed by atoms with Gasteiger partial charge in [-0.25, -0.2) is 0 Å². The van der Waals surface area contributed by atoms with Gasteiger partial charge >= 0.3 is 79.3 Å². The SMILES string of the molecule is C[C](C)(C)[Sn][c]1ccccc1. The first-order valence-corrected chi connectivity index (χ1v) is 6.76. The average molecular weight is 253 g/mol. The number of rotatable bonds is 1. The van der Waals surface area contributed by atoms with Gasteiger partial charge < -0.3 is 0 Å². The van der Waals surface area contributed by atoms with E-state index in [1.807, 2.05) is 0 Å². The molecule has 0 saturated heterocycles. The Labute approximate surface area is 79.2 Å². The maximum absolute atomic E-state index is 2.34. The van der Waals surface area contributed by atoms with Gasteiger partial charge in [0.2, 0.25) is 0 Å². The van der Waals surface area contributed by atoms with E-state index in [0.717, 1.165) is 0 Å². The minimum absolute atomic E-state index is 0.349. The predicted molar refractivity (Wildman–Crippen MR) is 51.5 cm³/mol. The van der Waals surface area contributed by atoms with Crippen molar-refractivity contribution in [3.05, 3.63) is 30.3 Å². The molecular weight excluding hydrogens is 239 g/mol. The van der Waals surface area contributed by atoms with Crippen molar-refractivity contribution in [3.8, 4) is 0 Å². The summed E-state index contributed by atoms with van der Waals surface area (Å²) in [5, 5.41) is 0. The Hall–Kier alpha value is 0.0187. The molecule has 0 aromatic heterocycles. The van der Waals surface area contributed by atoms with E-state index in [9.17, 15) is 0 Å². The standard InChI is InChI=1S/C6H5.C4H9.Sn/c1-2-4-6-5-3-1;1-4(2)3;/h1-5H;1-3H3;. The van der Waals surface area contributed by atoms with Gasteiger partial charge in [0.15, 0.2) is 0 Å². The fourth-order valence-corrected chi connectivity index (χ4v) is 4.45. The molecule has 0 N–H and O–H groups in total. The zero-order chi connectivity index (χ0) is 8.32. The number of benzene rings is 1. The fraction of sp³-hybridized carbons (Fsp3) is 0.400. The van der Waals surface area contributed by atoms with Gasteiger partial charge in [-0.2, -0.15) is 0 Å². The summed E-state index contributed by atoms with van der Waals surface area (Å²) in [6.07, 6.45) is 0. The molecule has 58 valence electrons. The Kier molecular flexibility index (Phi) is 2.99. The van der Waals surface area contributed by atoms with Crippen molar-refractivity contribution in [3.63, 3.8) is 0 Å². The van der Waals surface area contributed by atoms with E-state index in [1.165, 1.54) is 0 Å². The Morgan fingerprint density at radius 2 is 1.55 bits per heavy atom. The van der Waals surface area contributed by atoms with Crippen LogP contribution in [0.15, 0.2) is 30.3 Å². The first-order chi connectivity index (χ1) is 5.08. The molecule has 1 aromatic carbocycles. The van der Waals surface area contributed by atoms with Crippen molar-refractivity contribution in [1.82, 2.24) is 0 Å². The first-order valence-electron chi connectivity index (χ1n) is 3.91. The van der Waals surface area contributed by atoms with Crippen molar-refractivity contribution in [2.45, 2.75) is 24.2 Å². The molecule has 1 rings (SSSR count). The van der Waals surface area contributed by atoms with E-state index in [2.05, 4.69) is 51.1 Å². The van der Waals surface area contributed by atoms with E-state index in [1.54, 1.807) is 3.58 Å². The van der Waals surface area contributed by atoms with E-state index >= 15 is 0 Å². The molecule has 0 aliphatic rings. The Bertz CT molecular complexity index is 208. The van der Waals surface area contributed by atoms with Gasteiger partial charge in [-0.3, -0.25) is 0 Å². The topological polar surface area (TPSA) is 0 Å². The quantitative estimate of drug-likeness (QED) is 0.673. The molecule has 11 heavy (non-hydrogen) atoms. The zero-order valence-corrected chi connectivity index (χ0v) is 10.2. The van der Waals surface area contributed by atoms with Crippen LogP contribution >= 0.6 is 0 Å². The van der Waals surface area contributed by atoms with Gasteiger partial charge in [0.1, 0.15) is 0 Å². The van der Waals surface area contributed by atoms with E-state index in [4.69, 9.17) is 0 Å². The molecular formula is C10H14Sn. The van der Waals surface area contributed by atoms with Crippen LogP contribution in [0.2, 0.25) is 3.43 Å². The van der Waals surface area contributed by atoms with Crippen LogP contribution in [0.4, 0.5) is 0 Å². The van der Waals surface area contributed by atoms with Gasteiger partial charge in [-0.1, -0.05) is 0 Å². The Morgan fingerprint density at radius 1 is 1.00 bits per heavy atom. The molecule has 0 spiro atoms. The van der Waals surface area contributed by atoms with Crippen LogP contribution < -0.4 is 3.58 Å². The van der Waals surface area contributed by atoms with Crippen LogP contribution in [0.3, 0.4) is 0 Å². The van der Waals surface area contributed by atoms with Crippen LogP contribution in [0.5, 0.6) is 0 Å². The molecule has 0 heterocycles. The van der Waals surface area contributed by atoms with E-state index in [0.29, 0.717) is 3.43 Å². The molecule has 0 bridgehead atoms. The molecule has 0 aliphatic carbocycles. The molecule has 0 unspecified atom stereocenters. The fourth-order valence-electron chi connectivity index (χ4n) is 0.954. The molecule has 0 fully saturated rings. The summed E-state index contributed by atoms with van der Waals surface area (Å²) < 4.78 is 2.17. The molecule has 0 nitrogen and oxygen atoms in total. The molecule has 0 atom stereocenters. The third kappa shape index (κ3) is 3.80. The van der Waals surface area contributed by atoms with Gasteiger partial charge in [0.05, 0.1) is 0 Å². The van der Waals surface area contributed by atoms with Crippen LogP contribution in [0.1, 0.15) is 20.8 Å². The van der Waals surface area contributed by atoms with E-state index in [-0.39, 0.29) is 21.1 Å². The maximum atomic E-state index is 2.34. The van der Waals surface area contributed by atoms with Crippen LogP contribution in [0.25, 0.3) is 0 Å². The molecule has 0 saturated carbocycles. The van der Waals surface area contributed by atoms with Gasteiger partial charge in [0, 0.05) is 0 Å². The van der Waals surface area contributed by atoms with Gasteiger partial charge in [0.25, 0.3) is 0 Å². The second-order valence-corrected chi connectivity index (χ2v) is 10.4. The normalized spacial score (nSPS) is 11.5. The first kappa shape index (κ1) is 9.11. The summed E-state index contributed by atoms with van der Waals surface area (Å²) in [6.45, 7) is 7.02.